The van der Waals surface area contributed by atoms with Crippen LogP contribution in [0.4, 0.5) is 0 Å². The van der Waals surface area contributed by atoms with Crippen LogP contribution in [-0.2, 0) is 13.1 Å². The quantitative estimate of drug-likeness (QED) is 0.711. The van der Waals surface area contributed by atoms with Crippen molar-refractivity contribution in [2.45, 2.75) is 51.3 Å². The van der Waals surface area contributed by atoms with Crippen LogP contribution in [-0.4, -0.2) is 49.2 Å². The van der Waals surface area contributed by atoms with Gasteiger partial charge < -0.3 is 13.9 Å². The lowest BCUT2D eigenvalue weighted by atomic mass is 10.1. The van der Waals surface area contributed by atoms with Gasteiger partial charge in [0.2, 0.25) is 0 Å². The van der Waals surface area contributed by atoms with E-state index in [1.807, 2.05) is 6.07 Å². The molecule has 1 saturated carbocycles. The maximum Gasteiger partial charge on any atom is 0.161 e. The molecule has 2 heterocycles. The number of furan rings is 1. The molecule has 0 spiro atoms. The summed E-state index contributed by atoms with van der Waals surface area (Å²) in [7, 11) is 1.72. The Labute approximate surface area is 168 Å². The smallest absolute Gasteiger partial charge is 0.161 e. The largest absolute Gasteiger partial charge is 0.493 e. The number of rotatable bonds is 7. The molecule has 0 amide bonds. The van der Waals surface area contributed by atoms with Gasteiger partial charge in [0, 0.05) is 19.6 Å². The molecule has 1 aromatic carbocycles. The van der Waals surface area contributed by atoms with Crippen LogP contribution in [0, 0.1) is 0 Å². The topological polar surface area (TPSA) is 38.1 Å². The second-order valence-corrected chi connectivity index (χ2v) is 7.99. The molecule has 5 heteroatoms. The van der Waals surface area contributed by atoms with Gasteiger partial charge in [-0.3, -0.25) is 9.80 Å². The van der Waals surface area contributed by atoms with E-state index in [0.29, 0.717) is 6.10 Å². The maximum absolute atomic E-state index is 6.27. The lowest BCUT2D eigenvalue weighted by Crippen LogP contribution is -2.30. The van der Waals surface area contributed by atoms with E-state index in [2.05, 4.69) is 34.1 Å². The normalized spacial score (nSPS) is 19.6. The van der Waals surface area contributed by atoms with E-state index in [-0.39, 0.29) is 0 Å². The predicted octanol–water partition coefficient (Wildman–Crippen LogP) is 4.32. The Bertz CT molecular complexity index is 725. The molecule has 0 unspecified atom stereocenters. The molecule has 0 atom stereocenters. The lowest BCUT2D eigenvalue weighted by Gasteiger charge is -2.22. The van der Waals surface area contributed by atoms with Gasteiger partial charge in [-0.05, 0) is 75.0 Å². The van der Waals surface area contributed by atoms with Crippen molar-refractivity contribution in [3.63, 3.8) is 0 Å². The average molecular weight is 385 g/mol. The lowest BCUT2D eigenvalue weighted by molar-refractivity contribution is 0.200. The van der Waals surface area contributed by atoms with Crippen LogP contribution in [0.25, 0.3) is 0 Å². The zero-order valence-corrected chi connectivity index (χ0v) is 16.9. The molecule has 4 rings (SSSR count). The van der Waals surface area contributed by atoms with Gasteiger partial charge in [-0.15, -0.1) is 0 Å². The summed E-state index contributed by atoms with van der Waals surface area (Å²) < 4.78 is 17.3. The molecule has 2 aromatic rings. The Morgan fingerprint density at radius 1 is 0.929 bits per heavy atom. The molecule has 28 heavy (non-hydrogen) atoms. The summed E-state index contributed by atoms with van der Waals surface area (Å²) in [4.78, 5) is 5.03. The summed E-state index contributed by atoms with van der Waals surface area (Å²) in [5.74, 6) is 2.80. The van der Waals surface area contributed by atoms with Crippen LogP contribution in [0.1, 0.15) is 43.4 Å². The van der Waals surface area contributed by atoms with Gasteiger partial charge in [-0.2, -0.15) is 0 Å². The number of ether oxygens (including phenoxy) is 2. The number of benzene rings is 1. The predicted molar refractivity (Wildman–Crippen MR) is 110 cm³/mol. The molecule has 0 bridgehead atoms. The first kappa shape index (κ1) is 19.3. The molecule has 2 aliphatic rings. The highest BCUT2D eigenvalue weighted by Crippen LogP contribution is 2.32. The van der Waals surface area contributed by atoms with Gasteiger partial charge in [-0.25, -0.2) is 0 Å². The molecule has 5 nitrogen and oxygen atoms in total. The Kier molecular flexibility index (Phi) is 6.55. The van der Waals surface area contributed by atoms with Crippen LogP contribution in [0.5, 0.6) is 11.5 Å². The Morgan fingerprint density at radius 3 is 2.43 bits per heavy atom. The standard InChI is InChI=1S/C23H32N2O3/c1-26-22-10-9-19(16-23(22)28-20-6-2-3-7-20)17-24-11-5-12-25(14-13-24)18-21-8-4-15-27-21/h4,8-10,15-16,20H,2-3,5-7,11-14,17-18H2,1H3. The van der Waals surface area contributed by atoms with Gasteiger partial charge >= 0.3 is 0 Å². The van der Waals surface area contributed by atoms with Crippen LogP contribution in [0.2, 0.25) is 0 Å². The Hall–Kier alpha value is -1.98. The van der Waals surface area contributed by atoms with E-state index < -0.39 is 0 Å². The number of nitrogens with zero attached hydrogens (tertiary/aromatic N) is 2. The van der Waals surface area contributed by atoms with Crippen molar-refractivity contribution in [3.8, 4) is 11.5 Å². The highest BCUT2D eigenvalue weighted by Gasteiger charge is 2.20. The van der Waals surface area contributed by atoms with Crippen molar-refractivity contribution in [1.29, 1.82) is 0 Å². The maximum atomic E-state index is 6.27. The van der Waals surface area contributed by atoms with Crippen LogP contribution in [0.3, 0.4) is 0 Å². The third kappa shape index (κ3) is 5.09. The van der Waals surface area contributed by atoms with Crippen LogP contribution in [0.15, 0.2) is 41.0 Å². The monoisotopic (exact) mass is 384 g/mol. The minimum atomic E-state index is 0.345. The third-order valence-corrected chi connectivity index (χ3v) is 5.87. The minimum absolute atomic E-state index is 0.345. The number of hydrogen-bond acceptors (Lipinski definition) is 5. The summed E-state index contributed by atoms with van der Waals surface area (Å²) in [6.45, 7) is 6.26. The van der Waals surface area contributed by atoms with Gasteiger partial charge in [0.25, 0.3) is 0 Å². The van der Waals surface area contributed by atoms with E-state index in [1.165, 1.54) is 24.8 Å². The summed E-state index contributed by atoms with van der Waals surface area (Å²) in [5, 5.41) is 0. The zero-order valence-electron chi connectivity index (χ0n) is 16.9. The summed E-state index contributed by atoms with van der Waals surface area (Å²) in [6.07, 6.45) is 8.15. The van der Waals surface area contributed by atoms with Crippen molar-refractivity contribution < 1.29 is 13.9 Å². The fourth-order valence-electron chi connectivity index (χ4n) is 4.32. The van der Waals surface area contributed by atoms with E-state index >= 15 is 0 Å². The van der Waals surface area contributed by atoms with E-state index in [1.54, 1.807) is 13.4 Å². The molecule has 2 fully saturated rings. The average Bonchev–Trinajstić information content (AvgIpc) is 3.36. The van der Waals surface area contributed by atoms with Gasteiger partial charge in [-0.1, -0.05) is 6.07 Å². The molecular formula is C23H32N2O3. The van der Waals surface area contributed by atoms with Gasteiger partial charge in [0.15, 0.2) is 11.5 Å². The van der Waals surface area contributed by atoms with Crippen LogP contribution >= 0.6 is 0 Å². The van der Waals surface area contributed by atoms with Crippen molar-refractivity contribution in [2.75, 3.05) is 33.3 Å². The molecular weight excluding hydrogens is 352 g/mol. The molecule has 1 aromatic heterocycles. The molecule has 1 aliphatic heterocycles. The fraction of sp³-hybridized carbons (Fsp3) is 0.565. The first-order chi connectivity index (χ1) is 13.8. The summed E-state index contributed by atoms with van der Waals surface area (Å²) >= 11 is 0. The summed E-state index contributed by atoms with van der Waals surface area (Å²) in [6, 6.07) is 10.4. The van der Waals surface area contributed by atoms with E-state index in [9.17, 15) is 0 Å². The van der Waals surface area contributed by atoms with Crippen molar-refractivity contribution in [1.82, 2.24) is 9.80 Å². The number of methoxy groups -OCH3 is 1. The highest BCUT2D eigenvalue weighted by molar-refractivity contribution is 5.43. The van der Waals surface area contributed by atoms with Crippen LogP contribution < -0.4 is 9.47 Å². The molecule has 1 aliphatic carbocycles. The van der Waals surface area contributed by atoms with E-state index in [0.717, 1.165) is 69.4 Å². The Balaban J connectivity index is 1.35. The Morgan fingerprint density at radius 2 is 1.71 bits per heavy atom. The molecule has 0 radical (unpaired) electrons. The second kappa shape index (κ2) is 9.48. The third-order valence-electron chi connectivity index (χ3n) is 5.87. The zero-order chi connectivity index (χ0) is 19.2. The van der Waals surface area contributed by atoms with Gasteiger partial charge in [0.05, 0.1) is 26.0 Å². The second-order valence-electron chi connectivity index (χ2n) is 7.99. The first-order valence-corrected chi connectivity index (χ1v) is 10.6. The van der Waals surface area contributed by atoms with Gasteiger partial charge in [0.1, 0.15) is 5.76 Å². The van der Waals surface area contributed by atoms with Crippen molar-refractivity contribution in [3.05, 3.63) is 47.9 Å². The summed E-state index contributed by atoms with van der Waals surface area (Å²) in [5.41, 5.74) is 1.30. The molecule has 152 valence electrons. The van der Waals surface area contributed by atoms with E-state index in [4.69, 9.17) is 13.9 Å². The first-order valence-electron chi connectivity index (χ1n) is 10.6. The van der Waals surface area contributed by atoms with Crippen molar-refractivity contribution in [2.24, 2.45) is 0 Å². The number of hydrogen-bond donors (Lipinski definition) is 0. The minimum Gasteiger partial charge on any atom is -0.493 e. The van der Waals surface area contributed by atoms with Crippen molar-refractivity contribution >= 4 is 0 Å². The molecule has 0 N–H and O–H groups in total. The molecule has 1 saturated heterocycles. The SMILES string of the molecule is COc1ccc(CN2CCCN(Cc3ccco3)CC2)cc1OC1CCCC1. The fourth-order valence-corrected chi connectivity index (χ4v) is 4.32. The highest BCUT2D eigenvalue weighted by atomic mass is 16.5.